The predicted octanol–water partition coefficient (Wildman–Crippen LogP) is 2.49. The topological polar surface area (TPSA) is 54.3 Å². The van der Waals surface area contributed by atoms with Crippen LogP contribution in [0.5, 0.6) is 0 Å². The Balaban J connectivity index is 3.78. The number of ether oxygens (including phenoxy) is 2. The summed E-state index contributed by atoms with van der Waals surface area (Å²) in [5, 5.41) is 12.5. The maximum absolute atomic E-state index is 9.19. The quantitative estimate of drug-likeness (QED) is 0.610. The van der Waals surface area contributed by atoms with Crippen molar-refractivity contribution in [2.45, 2.75) is 65.1 Å². The van der Waals surface area contributed by atoms with Crippen LogP contribution < -0.4 is 5.32 Å². The first-order valence-electron chi connectivity index (χ1n) is 6.81. The molecule has 106 valence electrons. The fourth-order valence-electron chi connectivity index (χ4n) is 1.84. The Morgan fingerprint density at radius 1 is 1.33 bits per heavy atom. The van der Waals surface area contributed by atoms with Crippen LogP contribution in [0.15, 0.2) is 0 Å². The van der Waals surface area contributed by atoms with Gasteiger partial charge >= 0.3 is 0 Å². The van der Waals surface area contributed by atoms with Crippen LogP contribution in [0.3, 0.4) is 0 Å². The number of hydrogen-bond acceptors (Lipinski definition) is 4. The molecule has 0 aliphatic heterocycles. The Kier molecular flexibility index (Phi) is 8.99. The van der Waals surface area contributed by atoms with E-state index >= 15 is 0 Å². The van der Waals surface area contributed by atoms with Gasteiger partial charge in [-0.15, -0.1) is 0 Å². The molecule has 4 nitrogen and oxygen atoms in total. The van der Waals surface area contributed by atoms with Crippen LogP contribution in [0.1, 0.15) is 47.5 Å². The monoisotopic (exact) mass is 256 g/mol. The Bertz CT molecular complexity index is 251. The van der Waals surface area contributed by atoms with Gasteiger partial charge in [0.15, 0.2) is 0 Å². The van der Waals surface area contributed by atoms with E-state index in [-0.39, 0.29) is 6.10 Å². The second-order valence-corrected chi connectivity index (χ2v) is 5.19. The van der Waals surface area contributed by atoms with Crippen LogP contribution >= 0.6 is 0 Å². The van der Waals surface area contributed by atoms with E-state index in [1.165, 1.54) is 0 Å². The van der Waals surface area contributed by atoms with Crippen molar-refractivity contribution in [1.82, 2.24) is 5.32 Å². The second kappa shape index (κ2) is 9.32. The van der Waals surface area contributed by atoms with E-state index in [4.69, 9.17) is 9.47 Å². The molecule has 0 aromatic heterocycles. The third-order valence-electron chi connectivity index (χ3n) is 2.63. The van der Waals surface area contributed by atoms with Crippen LogP contribution in [0.25, 0.3) is 0 Å². The smallest absolute Gasteiger partial charge is 0.104 e. The maximum Gasteiger partial charge on any atom is 0.104 e. The maximum atomic E-state index is 9.19. The largest absolute Gasteiger partial charge is 0.379 e. The van der Waals surface area contributed by atoms with Gasteiger partial charge in [-0.25, -0.2) is 0 Å². The highest BCUT2D eigenvalue weighted by Crippen LogP contribution is 2.12. The lowest BCUT2D eigenvalue weighted by molar-refractivity contribution is -0.00550. The van der Waals surface area contributed by atoms with Crippen LogP contribution in [0.2, 0.25) is 0 Å². The number of nitrogens with zero attached hydrogens (tertiary/aromatic N) is 1. The second-order valence-electron chi connectivity index (χ2n) is 5.19. The molecule has 0 heterocycles. The summed E-state index contributed by atoms with van der Waals surface area (Å²) >= 11 is 0. The first-order chi connectivity index (χ1) is 8.43. The average Bonchev–Trinajstić information content (AvgIpc) is 2.31. The van der Waals surface area contributed by atoms with Crippen molar-refractivity contribution in [1.29, 1.82) is 5.26 Å². The van der Waals surface area contributed by atoms with Gasteiger partial charge in [-0.05, 0) is 47.5 Å². The van der Waals surface area contributed by atoms with Crippen molar-refractivity contribution < 1.29 is 9.47 Å². The van der Waals surface area contributed by atoms with Crippen molar-refractivity contribution in [3.05, 3.63) is 0 Å². The van der Waals surface area contributed by atoms with Crippen LogP contribution in [-0.4, -0.2) is 37.5 Å². The zero-order valence-corrected chi connectivity index (χ0v) is 12.5. The number of nitrogens with one attached hydrogen (secondary N) is 1. The molecule has 0 radical (unpaired) electrons. The minimum Gasteiger partial charge on any atom is -0.379 e. The highest BCUT2D eigenvalue weighted by molar-refractivity contribution is 5.04. The fourth-order valence-corrected chi connectivity index (χ4v) is 1.84. The van der Waals surface area contributed by atoms with Crippen molar-refractivity contribution in [2.75, 3.05) is 19.8 Å². The summed E-state index contributed by atoms with van der Waals surface area (Å²) in [5.74, 6) is 0. The van der Waals surface area contributed by atoms with E-state index in [2.05, 4.69) is 25.2 Å². The highest BCUT2D eigenvalue weighted by atomic mass is 16.5. The van der Waals surface area contributed by atoms with Gasteiger partial charge in [0, 0.05) is 19.3 Å². The van der Waals surface area contributed by atoms with Crippen molar-refractivity contribution >= 4 is 0 Å². The molecule has 18 heavy (non-hydrogen) atoms. The zero-order valence-electron chi connectivity index (χ0n) is 12.5. The molecule has 0 bridgehead atoms. The molecule has 2 atom stereocenters. The van der Waals surface area contributed by atoms with Gasteiger partial charge in [-0.2, -0.15) is 5.26 Å². The zero-order chi connectivity index (χ0) is 14.0. The summed E-state index contributed by atoms with van der Waals surface area (Å²) in [4.78, 5) is 0. The van der Waals surface area contributed by atoms with Gasteiger partial charge in [-0.3, -0.25) is 5.32 Å². The third kappa shape index (κ3) is 8.46. The van der Waals surface area contributed by atoms with Crippen LogP contribution in [0, 0.1) is 11.3 Å². The molecule has 0 saturated carbocycles. The van der Waals surface area contributed by atoms with Crippen molar-refractivity contribution in [3.8, 4) is 6.07 Å². The molecule has 0 aliphatic rings. The molecule has 1 N–H and O–H groups in total. The molecular weight excluding hydrogens is 228 g/mol. The SMILES string of the molecule is CCOCC(C)OCCCC(C)(C#N)NC(C)C. The first kappa shape index (κ1) is 17.4. The predicted molar refractivity (Wildman–Crippen MR) is 73.4 cm³/mol. The molecule has 0 aromatic rings. The minimum absolute atomic E-state index is 0.122. The van der Waals surface area contributed by atoms with Crippen LogP contribution in [0.4, 0.5) is 0 Å². The van der Waals surface area contributed by atoms with Gasteiger partial charge in [-0.1, -0.05) is 0 Å². The molecule has 0 saturated heterocycles. The summed E-state index contributed by atoms with van der Waals surface area (Å²) < 4.78 is 10.9. The molecular formula is C14H28N2O2. The molecule has 0 fully saturated rings. The Hall–Kier alpha value is -0.630. The standard InChI is InChI=1S/C14H28N2O2/c1-6-17-10-13(4)18-9-7-8-14(5,11-15)16-12(2)3/h12-13,16H,6-10H2,1-5H3. The van der Waals surface area contributed by atoms with E-state index in [1.54, 1.807) is 0 Å². The van der Waals surface area contributed by atoms with Gasteiger partial charge in [0.25, 0.3) is 0 Å². The number of rotatable bonds is 10. The Labute approximate surface area is 112 Å². The van der Waals surface area contributed by atoms with Gasteiger partial charge in [0.05, 0.1) is 18.8 Å². The lowest BCUT2D eigenvalue weighted by Crippen LogP contribution is -2.45. The fraction of sp³-hybridized carbons (Fsp3) is 0.929. The third-order valence-corrected chi connectivity index (χ3v) is 2.63. The minimum atomic E-state index is -0.458. The van der Waals surface area contributed by atoms with E-state index in [0.29, 0.717) is 19.3 Å². The summed E-state index contributed by atoms with van der Waals surface area (Å²) in [6.07, 6.45) is 1.79. The molecule has 4 heteroatoms. The molecule has 0 aromatic carbocycles. The van der Waals surface area contributed by atoms with Crippen molar-refractivity contribution in [3.63, 3.8) is 0 Å². The van der Waals surface area contributed by atoms with Gasteiger partial charge in [0.2, 0.25) is 0 Å². The summed E-state index contributed by atoms with van der Waals surface area (Å²) in [7, 11) is 0. The number of nitriles is 1. The normalized spacial score (nSPS) is 16.3. The lowest BCUT2D eigenvalue weighted by Gasteiger charge is -2.26. The summed E-state index contributed by atoms with van der Waals surface area (Å²) in [6, 6.07) is 2.65. The van der Waals surface area contributed by atoms with E-state index in [9.17, 15) is 5.26 Å². The average molecular weight is 256 g/mol. The van der Waals surface area contributed by atoms with E-state index in [1.807, 2.05) is 20.8 Å². The lowest BCUT2D eigenvalue weighted by atomic mass is 9.97. The van der Waals surface area contributed by atoms with Gasteiger partial charge in [0.1, 0.15) is 5.54 Å². The number of hydrogen-bond donors (Lipinski definition) is 1. The Morgan fingerprint density at radius 2 is 2.00 bits per heavy atom. The van der Waals surface area contributed by atoms with Gasteiger partial charge < -0.3 is 9.47 Å². The summed E-state index contributed by atoms with van der Waals surface area (Å²) in [5.41, 5.74) is -0.458. The van der Waals surface area contributed by atoms with Crippen molar-refractivity contribution in [2.24, 2.45) is 0 Å². The molecule has 2 unspecified atom stereocenters. The molecule has 0 rings (SSSR count). The van der Waals surface area contributed by atoms with E-state index < -0.39 is 5.54 Å². The molecule has 0 amide bonds. The van der Waals surface area contributed by atoms with E-state index in [0.717, 1.165) is 19.4 Å². The Morgan fingerprint density at radius 3 is 2.50 bits per heavy atom. The molecule has 0 aliphatic carbocycles. The first-order valence-corrected chi connectivity index (χ1v) is 6.81. The highest BCUT2D eigenvalue weighted by Gasteiger charge is 2.23. The summed E-state index contributed by atoms with van der Waals surface area (Å²) in [6.45, 7) is 12.1. The molecule has 0 spiro atoms. The van der Waals surface area contributed by atoms with Crippen LogP contribution in [-0.2, 0) is 9.47 Å².